The topological polar surface area (TPSA) is 91.1 Å². The number of hydrogen-bond acceptors (Lipinski definition) is 9. The van der Waals surface area contributed by atoms with Gasteiger partial charge in [-0.15, -0.1) is 119 Å². The number of hydrogen-bond donors (Lipinski definition) is 1. The van der Waals surface area contributed by atoms with E-state index in [1.165, 1.54) is 141 Å². The number of benzene rings is 20. The summed E-state index contributed by atoms with van der Waals surface area (Å²) in [6, 6.07) is 185. The van der Waals surface area contributed by atoms with Crippen LogP contribution in [0, 0.1) is 30.3 Å². The number of pyridine rings is 4. The maximum absolute atomic E-state index is 5.75. The molecule has 0 amide bonds. The zero-order valence-corrected chi connectivity index (χ0v) is 85.6. The van der Waals surface area contributed by atoms with Gasteiger partial charge in [0.05, 0.1) is 11.4 Å². The minimum Gasteiger partial charge on any atom is -0.649 e. The summed E-state index contributed by atoms with van der Waals surface area (Å²) < 4.78 is 13.6. The molecule has 0 fully saturated rings. The molecule has 685 valence electrons. The molecule has 25 rings (SSSR count). The second-order valence-corrected chi connectivity index (χ2v) is 34.5. The largest absolute Gasteiger partial charge is 0.649 e. The van der Waals surface area contributed by atoms with Gasteiger partial charge in [-0.05, 0) is 230 Å². The Bertz CT molecular complexity index is 8220. The molecule has 25 aromatic rings. The Balaban J connectivity index is 0.000000127. The van der Waals surface area contributed by atoms with Gasteiger partial charge < -0.3 is 28.5 Å². The zero-order valence-electron chi connectivity index (χ0n) is 78.6. The predicted molar refractivity (Wildman–Crippen MR) is 595 cm³/mol. The van der Waals surface area contributed by atoms with Crippen LogP contribution in [0.4, 0.5) is 34.1 Å². The van der Waals surface area contributed by atoms with Gasteiger partial charge in [-0.3, -0.25) is 10.1 Å². The fraction of sp³-hybridized carbons (Fsp3) is 0.00775. The molecule has 5 heterocycles. The molecule has 142 heavy (non-hydrogen) atoms. The van der Waals surface area contributed by atoms with E-state index in [0.29, 0.717) is 0 Å². The molecule has 0 spiro atoms. The Morgan fingerprint density at radius 3 is 1.27 bits per heavy atom. The fourth-order valence-corrected chi connectivity index (χ4v) is 19.3. The minimum atomic E-state index is 0. The third kappa shape index (κ3) is 22.7. The molecule has 20 aromatic carbocycles. The second kappa shape index (κ2) is 48.1. The van der Waals surface area contributed by atoms with Crippen LogP contribution in [-0.2, 0) is 40.2 Å². The summed E-state index contributed by atoms with van der Waals surface area (Å²) in [6.07, 6.45) is 7.21. The van der Waals surface area contributed by atoms with Crippen LogP contribution in [0.1, 0.15) is 5.56 Å². The summed E-state index contributed by atoms with van der Waals surface area (Å²) in [5.74, 6) is 0.839. The number of aryl methyl sites for hydroxylation is 1. The molecule has 0 atom stereocenters. The van der Waals surface area contributed by atoms with Crippen LogP contribution in [0.25, 0.3) is 163 Å². The van der Waals surface area contributed by atoms with Crippen molar-refractivity contribution >= 4 is 156 Å². The zero-order chi connectivity index (χ0) is 95.7. The third-order valence-electron chi connectivity index (χ3n) is 24.5. The second-order valence-electron chi connectivity index (χ2n) is 33.1. The van der Waals surface area contributed by atoms with Gasteiger partial charge >= 0.3 is 16.6 Å². The SMILES string of the molecule is Cc1cccnc1-c1[c-]cccc1.[2H]N=P.[AlH][O]c1cccc2cccnc12.[Ir].[Ir].[c-]1ccccc1-c1cc(-c2ccccc2)ccn1.[c-]1ccccc1-c1ccccn1.c1cc(-c2ccc3c4ccccc4c4ccccc4c3c2)cc(-c2cccc3c2sc2ccccc23)c1.c1ccc(N(c2ccc(-c3ccc(N(c4ccccc4)c4cccc5ccccc45)cc3)cc2)c2cccc3ccccc23)cc1. The molecule has 0 bridgehead atoms. The standard InChI is InChI=1S/C44H32N2.C36H22S.C17H12N.C12H10N.C11H8N.C9H7NO.Al.2Ir.H2NP.H/c1-3-17-37(18-4-1)45(43-23-11-15-35-13-7-9-21-41(35)43)39-29-25-33(26-30-39)34-27-31-40(32-28-34)46(38-19-5-2-6-20-38)44-24-12-16-36-14-8-10-22-42(36)44;1-2-13-29-27(11-1)28-12-3-4-14-30(28)34-22-24(19-20-31(29)34)23-9-7-10-25(21-23)26-16-8-17-33-32-15-5-6-18-35(32)37-36(26)33;1-3-7-14(8-4-1)16-11-12-18-17(13-16)15-9-5-2-6-10-15;1-10-6-5-9-13-12(10)11-7-3-2-4-8-11;1-2-6-10(7-3-1)11-8-4-5-9-12-11;11-8-5-1-3-7-4-2-6-10-9(7)8;;;;1-2;/h1-32H;1-22H;1-9,11-13H;2-7,9H,1H3;1-6,8-9H;1-6,11H;;;;1-2H;/q;;3*-1;;+1;;;;/p-1/i/hD. The number of fused-ring (bicyclic) bond motifs is 12. The van der Waals surface area contributed by atoms with E-state index >= 15 is 0 Å². The van der Waals surface area contributed by atoms with Crippen LogP contribution in [0.2, 0.25) is 1.41 Å². The summed E-state index contributed by atoms with van der Waals surface area (Å²) in [4.78, 5) is 21.9. The molecule has 0 aliphatic carbocycles. The Hall–Kier alpha value is -15.9. The molecule has 3 radical (unpaired) electrons. The summed E-state index contributed by atoms with van der Waals surface area (Å²) >= 11 is 3.36. The average molecular weight is 2230 g/mol. The first-order valence-corrected chi connectivity index (χ1v) is 48.2. The maximum Gasteiger partial charge on any atom is 0.494 e. The van der Waals surface area contributed by atoms with E-state index in [1.54, 1.807) is 12.4 Å². The van der Waals surface area contributed by atoms with Gasteiger partial charge in [-0.25, -0.2) is 0 Å². The van der Waals surface area contributed by atoms with Crippen molar-refractivity contribution in [1.82, 2.24) is 19.9 Å². The van der Waals surface area contributed by atoms with Crippen LogP contribution >= 0.6 is 20.4 Å². The predicted octanol–water partition coefficient (Wildman–Crippen LogP) is 35.4. The van der Waals surface area contributed by atoms with Crippen LogP contribution in [0.5, 0.6) is 5.75 Å². The van der Waals surface area contributed by atoms with Gasteiger partial charge in [0.2, 0.25) is 0 Å². The van der Waals surface area contributed by atoms with Gasteiger partial charge in [-0.1, -0.05) is 327 Å². The normalized spacial score (nSPS) is 10.6. The van der Waals surface area contributed by atoms with Crippen LogP contribution in [0.3, 0.4) is 0 Å². The minimum absolute atomic E-state index is 0. The van der Waals surface area contributed by atoms with E-state index in [1.807, 2.05) is 175 Å². The number of aromatic nitrogens is 4. The molecule has 5 aromatic heterocycles. The van der Waals surface area contributed by atoms with Crippen LogP contribution < -0.4 is 13.6 Å². The average Bonchev–Trinajstić information content (AvgIpc) is 1.53. The van der Waals surface area contributed by atoms with E-state index in [0.717, 1.165) is 84.5 Å². The summed E-state index contributed by atoms with van der Waals surface area (Å²) in [7, 11) is 2.48. The van der Waals surface area contributed by atoms with E-state index in [9.17, 15) is 0 Å². The molecule has 13 heteroatoms. The number of nitrogens with zero attached hydrogens (tertiary/aromatic N) is 6. The monoisotopic (exact) mass is 2230 g/mol. The van der Waals surface area contributed by atoms with Gasteiger partial charge in [0.25, 0.3) is 0 Å². The van der Waals surface area contributed by atoms with Gasteiger partial charge in [0.1, 0.15) is 11.3 Å². The van der Waals surface area contributed by atoms with Gasteiger partial charge in [-0.2, -0.15) is 0 Å². The van der Waals surface area contributed by atoms with Crippen LogP contribution in [-0.4, -0.2) is 36.6 Å². The van der Waals surface area contributed by atoms with E-state index in [2.05, 4.69) is 421 Å². The number of thiophene rings is 1. The first-order valence-electron chi connectivity index (χ1n) is 46.8. The third-order valence-corrected chi connectivity index (χ3v) is 26.0. The number of nitrogens with one attached hydrogen (secondary N) is 1. The first-order chi connectivity index (χ1) is 69.8. The molecule has 1 N–H and O–H groups in total. The summed E-state index contributed by atoms with van der Waals surface area (Å²) in [5, 5.41) is 19.1. The Kier molecular flexibility index (Phi) is 32.7. The van der Waals surface area contributed by atoms with Crippen molar-refractivity contribution in [1.29, 1.82) is 5.15 Å². The number of rotatable bonds is 14. The van der Waals surface area contributed by atoms with Crippen molar-refractivity contribution in [3.63, 3.8) is 0 Å². The summed E-state index contributed by atoms with van der Waals surface area (Å²) in [5.41, 5.74) is 24.8. The van der Waals surface area contributed by atoms with Crippen molar-refractivity contribution in [2.45, 2.75) is 6.92 Å². The van der Waals surface area contributed by atoms with Crippen molar-refractivity contribution in [3.05, 3.63) is 552 Å². The number of anilines is 6. The van der Waals surface area contributed by atoms with E-state index in [-0.39, 0.29) is 40.2 Å². The molecule has 0 aliphatic heterocycles. The molecular weight excluding hydrogens is 2140 g/mol. The molecule has 0 saturated carbocycles. The first kappa shape index (κ1) is 96.4. The summed E-state index contributed by atoms with van der Waals surface area (Å²) in [6.45, 7) is 2.06. The molecular formula is C129H93AlIr2N7OPS-3. The quantitative estimate of drug-likeness (QED) is 0.0502. The Morgan fingerprint density at radius 2 is 0.697 bits per heavy atom. The smallest absolute Gasteiger partial charge is 0.494 e. The molecule has 0 unspecified atom stereocenters. The Morgan fingerprint density at radius 1 is 0.296 bits per heavy atom. The van der Waals surface area contributed by atoms with Gasteiger partial charge in [0, 0.05) is 124 Å². The van der Waals surface area contributed by atoms with Crippen molar-refractivity contribution in [2.75, 3.05) is 9.80 Å². The van der Waals surface area contributed by atoms with E-state index < -0.39 is 0 Å². The maximum atomic E-state index is 5.75. The van der Waals surface area contributed by atoms with Gasteiger partial charge in [0.15, 0.2) is 1.41 Å². The van der Waals surface area contributed by atoms with Crippen molar-refractivity contribution in [2.24, 2.45) is 0 Å². The van der Waals surface area contributed by atoms with Crippen molar-refractivity contribution in [3.8, 4) is 84.0 Å². The van der Waals surface area contributed by atoms with E-state index in [4.69, 9.17) is 5.20 Å². The fourth-order valence-electron chi connectivity index (χ4n) is 17.9. The number of para-hydroxylation sites is 3. The van der Waals surface area contributed by atoms with Crippen molar-refractivity contribution < 1.29 is 45.4 Å². The molecule has 8 nitrogen and oxygen atoms in total. The Labute approximate surface area is 871 Å². The molecule has 0 saturated heterocycles. The van der Waals surface area contributed by atoms with Crippen LogP contribution in [0.15, 0.2) is 528 Å². The molecule has 0 aliphatic rings.